The van der Waals surface area contributed by atoms with E-state index in [9.17, 15) is 4.79 Å². The summed E-state index contributed by atoms with van der Waals surface area (Å²) in [5, 5.41) is 3.50. The summed E-state index contributed by atoms with van der Waals surface area (Å²) in [6.45, 7) is 13.1. The maximum atomic E-state index is 11.9. The number of esters is 1. The fourth-order valence-corrected chi connectivity index (χ4v) is 4.22. The van der Waals surface area contributed by atoms with Crippen LogP contribution in [0.25, 0.3) is 0 Å². The van der Waals surface area contributed by atoms with Crippen LogP contribution in [0.5, 0.6) is 0 Å². The molecule has 0 spiro atoms. The van der Waals surface area contributed by atoms with Crippen molar-refractivity contribution in [2.24, 2.45) is 22.7 Å². The number of nitrogens with zero attached hydrogens (tertiary/aromatic N) is 3. The van der Waals surface area contributed by atoms with Gasteiger partial charge in [0.1, 0.15) is 0 Å². The fraction of sp³-hybridized carbons (Fsp3) is 0.895. The first kappa shape index (κ1) is 20.0. The van der Waals surface area contributed by atoms with E-state index in [1.165, 1.54) is 19.5 Å². The molecule has 0 amide bonds. The van der Waals surface area contributed by atoms with Crippen LogP contribution in [-0.4, -0.2) is 74.7 Å². The Labute approximate surface area is 153 Å². The SMILES string of the molecule is CCOC(=O)C1CCN(C(=NC)NCCN2CC(C)CC(C)C2)CC1. The molecule has 25 heavy (non-hydrogen) atoms. The summed E-state index contributed by atoms with van der Waals surface area (Å²) < 4.78 is 5.14. The minimum atomic E-state index is -0.0431. The van der Waals surface area contributed by atoms with Crippen molar-refractivity contribution in [2.75, 3.05) is 52.9 Å². The maximum Gasteiger partial charge on any atom is 0.309 e. The lowest BCUT2D eigenvalue weighted by atomic mass is 9.92. The number of guanidine groups is 1. The van der Waals surface area contributed by atoms with Crippen LogP contribution in [0.3, 0.4) is 0 Å². The smallest absolute Gasteiger partial charge is 0.309 e. The average Bonchev–Trinajstić information content (AvgIpc) is 2.58. The lowest BCUT2D eigenvalue weighted by Gasteiger charge is -2.36. The van der Waals surface area contributed by atoms with E-state index in [1.807, 2.05) is 14.0 Å². The molecular formula is C19H36N4O2. The Hall–Kier alpha value is -1.30. The van der Waals surface area contributed by atoms with Gasteiger partial charge < -0.3 is 19.9 Å². The number of ether oxygens (including phenoxy) is 1. The zero-order valence-corrected chi connectivity index (χ0v) is 16.5. The predicted molar refractivity (Wildman–Crippen MR) is 102 cm³/mol. The summed E-state index contributed by atoms with van der Waals surface area (Å²) in [6.07, 6.45) is 3.04. The van der Waals surface area contributed by atoms with E-state index < -0.39 is 0 Å². The van der Waals surface area contributed by atoms with E-state index >= 15 is 0 Å². The van der Waals surface area contributed by atoms with Crippen molar-refractivity contribution in [1.82, 2.24) is 15.1 Å². The van der Waals surface area contributed by atoms with Crippen LogP contribution in [0.15, 0.2) is 4.99 Å². The molecule has 2 fully saturated rings. The Balaban J connectivity index is 1.71. The van der Waals surface area contributed by atoms with Gasteiger partial charge >= 0.3 is 5.97 Å². The Morgan fingerprint density at radius 2 is 1.84 bits per heavy atom. The summed E-state index contributed by atoms with van der Waals surface area (Å²) in [4.78, 5) is 21.1. The summed E-state index contributed by atoms with van der Waals surface area (Å²) in [6, 6.07) is 0. The maximum absolute atomic E-state index is 11.9. The zero-order chi connectivity index (χ0) is 18.2. The molecule has 0 aromatic carbocycles. The number of hydrogen-bond donors (Lipinski definition) is 1. The van der Waals surface area contributed by atoms with Crippen molar-refractivity contribution < 1.29 is 9.53 Å². The van der Waals surface area contributed by atoms with Crippen LogP contribution >= 0.6 is 0 Å². The summed E-state index contributed by atoms with van der Waals surface area (Å²) in [5.41, 5.74) is 0. The van der Waals surface area contributed by atoms with Crippen LogP contribution < -0.4 is 5.32 Å². The molecule has 2 aliphatic rings. The monoisotopic (exact) mass is 352 g/mol. The van der Waals surface area contributed by atoms with Gasteiger partial charge in [-0.25, -0.2) is 0 Å². The van der Waals surface area contributed by atoms with E-state index in [4.69, 9.17) is 4.74 Å². The number of likely N-dealkylation sites (tertiary alicyclic amines) is 2. The first-order chi connectivity index (χ1) is 12.0. The lowest BCUT2D eigenvalue weighted by Crippen LogP contribution is -2.49. The lowest BCUT2D eigenvalue weighted by molar-refractivity contribution is -0.149. The molecule has 6 heteroatoms. The van der Waals surface area contributed by atoms with Crippen LogP contribution in [0.1, 0.15) is 40.0 Å². The first-order valence-corrected chi connectivity index (χ1v) is 9.88. The molecule has 0 bridgehead atoms. The molecule has 2 rings (SSSR count). The van der Waals surface area contributed by atoms with Crippen molar-refractivity contribution in [3.8, 4) is 0 Å². The third-order valence-electron chi connectivity index (χ3n) is 5.28. The van der Waals surface area contributed by atoms with Gasteiger partial charge in [-0.2, -0.15) is 0 Å². The van der Waals surface area contributed by atoms with Crippen LogP contribution in [-0.2, 0) is 9.53 Å². The second-order valence-corrected chi connectivity index (χ2v) is 7.69. The number of piperidine rings is 2. The molecule has 0 aliphatic carbocycles. The number of rotatable bonds is 5. The normalized spacial score (nSPS) is 26.6. The van der Waals surface area contributed by atoms with Crippen molar-refractivity contribution in [1.29, 1.82) is 0 Å². The molecule has 1 N–H and O–H groups in total. The second-order valence-electron chi connectivity index (χ2n) is 7.69. The average molecular weight is 353 g/mol. The molecule has 0 aromatic rings. The van der Waals surface area contributed by atoms with Crippen molar-refractivity contribution in [3.05, 3.63) is 0 Å². The highest BCUT2D eigenvalue weighted by molar-refractivity contribution is 5.80. The van der Waals surface area contributed by atoms with E-state index in [0.717, 1.165) is 56.8 Å². The standard InChI is InChI=1S/C19H36N4O2/c1-5-25-18(24)17-6-9-23(10-7-17)19(20-4)21-8-11-22-13-15(2)12-16(3)14-22/h15-17H,5-14H2,1-4H3,(H,20,21). The van der Waals surface area contributed by atoms with Gasteiger partial charge in [0, 0.05) is 46.3 Å². The highest BCUT2D eigenvalue weighted by atomic mass is 16.5. The van der Waals surface area contributed by atoms with Crippen molar-refractivity contribution in [3.63, 3.8) is 0 Å². The topological polar surface area (TPSA) is 57.2 Å². The molecule has 0 saturated carbocycles. The molecule has 0 radical (unpaired) electrons. The molecule has 2 saturated heterocycles. The molecule has 2 aliphatic heterocycles. The van der Waals surface area contributed by atoms with Gasteiger partial charge in [0.05, 0.1) is 12.5 Å². The van der Waals surface area contributed by atoms with E-state index in [-0.39, 0.29) is 11.9 Å². The van der Waals surface area contributed by atoms with E-state index in [2.05, 4.69) is 34.0 Å². The van der Waals surface area contributed by atoms with Gasteiger partial charge in [0.15, 0.2) is 5.96 Å². The predicted octanol–water partition coefficient (Wildman–Crippen LogP) is 1.81. The van der Waals surface area contributed by atoms with Crippen LogP contribution in [0.4, 0.5) is 0 Å². The Kier molecular flexibility index (Phi) is 8.00. The third-order valence-corrected chi connectivity index (χ3v) is 5.28. The molecule has 144 valence electrons. The molecule has 2 unspecified atom stereocenters. The van der Waals surface area contributed by atoms with Crippen molar-refractivity contribution >= 4 is 11.9 Å². The largest absolute Gasteiger partial charge is 0.466 e. The number of carbonyl (C=O) groups is 1. The zero-order valence-electron chi connectivity index (χ0n) is 16.5. The second kappa shape index (κ2) is 10.00. The molecular weight excluding hydrogens is 316 g/mol. The minimum absolute atomic E-state index is 0.0431. The first-order valence-electron chi connectivity index (χ1n) is 9.88. The number of aliphatic imine (C=N–C) groups is 1. The van der Waals surface area contributed by atoms with Gasteiger partial charge in [0.2, 0.25) is 0 Å². The molecule has 2 heterocycles. The minimum Gasteiger partial charge on any atom is -0.466 e. The quantitative estimate of drug-likeness (QED) is 0.465. The molecule has 0 aromatic heterocycles. The number of nitrogens with one attached hydrogen (secondary N) is 1. The summed E-state index contributed by atoms with van der Waals surface area (Å²) in [7, 11) is 1.84. The van der Waals surface area contributed by atoms with Gasteiger partial charge in [-0.1, -0.05) is 13.8 Å². The Bertz CT molecular complexity index is 437. The van der Waals surface area contributed by atoms with Gasteiger partial charge in [-0.05, 0) is 38.0 Å². The third kappa shape index (κ3) is 6.17. The Morgan fingerprint density at radius 3 is 2.40 bits per heavy atom. The molecule has 2 atom stereocenters. The van der Waals surface area contributed by atoms with Gasteiger partial charge in [-0.3, -0.25) is 9.79 Å². The Morgan fingerprint density at radius 1 is 1.20 bits per heavy atom. The van der Waals surface area contributed by atoms with Crippen LogP contribution in [0.2, 0.25) is 0 Å². The number of hydrogen-bond acceptors (Lipinski definition) is 4. The number of carbonyl (C=O) groups excluding carboxylic acids is 1. The molecule has 6 nitrogen and oxygen atoms in total. The summed E-state index contributed by atoms with van der Waals surface area (Å²) >= 11 is 0. The van der Waals surface area contributed by atoms with Crippen molar-refractivity contribution in [2.45, 2.75) is 40.0 Å². The van der Waals surface area contributed by atoms with Gasteiger partial charge in [0.25, 0.3) is 0 Å². The fourth-order valence-electron chi connectivity index (χ4n) is 4.22. The van der Waals surface area contributed by atoms with E-state index in [1.54, 1.807) is 0 Å². The summed E-state index contributed by atoms with van der Waals surface area (Å²) in [5.74, 6) is 2.56. The van der Waals surface area contributed by atoms with E-state index in [0.29, 0.717) is 6.61 Å². The van der Waals surface area contributed by atoms with Crippen LogP contribution in [0, 0.1) is 17.8 Å². The van der Waals surface area contributed by atoms with Gasteiger partial charge in [-0.15, -0.1) is 0 Å². The highest BCUT2D eigenvalue weighted by Gasteiger charge is 2.27. The highest BCUT2D eigenvalue weighted by Crippen LogP contribution is 2.20.